The van der Waals surface area contributed by atoms with Gasteiger partial charge < -0.3 is 19.1 Å². The van der Waals surface area contributed by atoms with Crippen LogP contribution in [0, 0.1) is 0 Å². The summed E-state index contributed by atoms with van der Waals surface area (Å²) in [5.74, 6) is 0.491. The molecule has 6 rings (SSSR count). The fraction of sp³-hybridized carbons (Fsp3) is 0.455. The number of ether oxygens (including phenoxy) is 3. The number of likely N-dealkylation sites (N-methyl/N-ethyl adjacent to an activating group) is 1. The maximum Gasteiger partial charge on any atom is 0.416 e. The average molecular weight is 597 g/mol. The molecule has 2 fully saturated rings. The van der Waals surface area contributed by atoms with Crippen LogP contribution in [0.4, 0.5) is 13.2 Å². The minimum atomic E-state index is -4.48. The van der Waals surface area contributed by atoms with E-state index in [2.05, 4.69) is 17.5 Å². The lowest BCUT2D eigenvalue weighted by Gasteiger charge is -2.65. The molecule has 1 saturated carbocycles. The molecule has 5 atom stereocenters. The van der Waals surface area contributed by atoms with Gasteiger partial charge in [0.05, 0.1) is 30.2 Å². The number of hydrogen-bond acceptors (Lipinski definition) is 6. The van der Waals surface area contributed by atoms with Crippen LogP contribution >= 0.6 is 0 Å². The number of carbonyl (C=O) groups is 2. The van der Waals surface area contributed by atoms with E-state index in [1.54, 1.807) is 19.1 Å². The number of carbonyl (C=O) groups excluding carboxylic acids is 2. The first-order valence-electron chi connectivity index (χ1n) is 14.5. The van der Waals surface area contributed by atoms with Gasteiger partial charge in [0.2, 0.25) is 5.91 Å². The summed E-state index contributed by atoms with van der Waals surface area (Å²) in [5.41, 5.74) is -0.00217. The quantitative estimate of drug-likeness (QED) is 0.250. The molecule has 4 aliphatic rings. The van der Waals surface area contributed by atoms with E-state index >= 15 is 0 Å². The van der Waals surface area contributed by atoms with E-state index in [0.29, 0.717) is 43.7 Å². The second-order valence-electron chi connectivity index (χ2n) is 11.9. The number of benzene rings is 2. The molecular weight excluding hydrogens is 561 g/mol. The number of piperidine rings is 1. The molecule has 0 radical (unpaired) electrons. The van der Waals surface area contributed by atoms with Crippen molar-refractivity contribution in [3.05, 3.63) is 77.4 Å². The summed E-state index contributed by atoms with van der Waals surface area (Å²) >= 11 is 0. The molecule has 1 spiro atoms. The van der Waals surface area contributed by atoms with Gasteiger partial charge in [-0.25, -0.2) is 0 Å². The summed E-state index contributed by atoms with van der Waals surface area (Å²) in [7, 11) is 3.28. The van der Waals surface area contributed by atoms with E-state index in [0.717, 1.165) is 29.8 Å². The fourth-order valence-electron chi connectivity index (χ4n) is 8.24. The minimum absolute atomic E-state index is 0.108. The molecule has 1 amide bonds. The first kappa shape index (κ1) is 29.3. The molecule has 228 valence electrons. The zero-order chi connectivity index (χ0) is 30.7. The van der Waals surface area contributed by atoms with Gasteiger partial charge >= 0.3 is 12.1 Å². The largest absolute Gasteiger partial charge is 0.493 e. The topological polar surface area (TPSA) is 68.3 Å². The van der Waals surface area contributed by atoms with Gasteiger partial charge in [0.1, 0.15) is 11.7 Å². The van der Waals surface area contributed by atoms with Crippen molar-refractivity contribution in [3.8, 4) is 11.5 Å². The van der Waals surface area contributed by atoms with Crippen molar-refractivity contribution in [1.82, 2.24) is 9.80 Å². The fourth-order valence-corrected chi connectivity index (χ4v) is 8.24. The first-order valence-corrected chi connectivity index (χ1v) is 14.5. The average Bonchev–Trinajstić information content (AvgIpc) is 3.32. The van der Waals surface area contributed by atoms with Gasteiger partial charge in [-0.1, -0.05) is 24.3 Å². The second kappa shape index (κ2) is 10.4. The van der Waals surface area contributed by atoms with Crippen LogP contribution < -0.4 is 9.47 Å². The van der Waals surface area contributed by atoms with Crippen LogP contribution in [0.1, 0.15) is 48.4 Å². The summed E-state index contributed by atoms with van der Waals surface area (Å²) < 4.78 is 58.6. The molecule has 10 heteroatoms. The maximum atomic E-state index is 13.5. The van der Waals surface area contributed by atoms with E-state index < -0.39 is 34.9 Å². The lowest BCUT2D eigenvalue weighted by atomic mass is 9.48. The number of methoxy groups -OCH3 is 1. The van der Waals surface area contributed by atoms with Gasteiger partial charge in [0.15, 0.2) is 11.5 Å². The molecule has 43 heavy (non-hydrogen) atoms. The standard InChI is InChI=1S/C33H35F3N2O5/c1-5-16-38-17-15-31-28-22-10-11-25(41-4)29(28)42-30(31)24(13-14-32(31,26(38)19-22)43-20(2)39)37(3)27(40)12-9-21-7-6-8-23(18-21)33(34,35)36/h5-12,18,24,26,30H,1,13-17,19H2,2-4H3/b12-9+/t24?,26-,30?,31+,32-/m1/s1. The molecule has 0 aromatic heterocycles. The van der Waals surface area contributed by atoms with Gasteiger partial charge in [-0.3, -0.25) is 14.5 Å². The molecule has 2 unspecified atom stereocenters. The number of amides is 1. The Morgan fingerprint density at radius 3 is 2.72 bits per heavy atom. The van der Waals surface area contributed by atoms with E-state index in [4.69, 9.17) is 14.2 Å². The van der Waals surface area contributed by atoms with Gasteiger partial charge in [0.25, 0.3) is 0 Å². The van der Waals surface area contributed by atoms with E-state index in [1.165, 1.54) is 31.2 Å². The second-order valence-corrected chi connectivity index (χ2v) is 11.9. The zero-order valence-corrected chi connectivity index (χ0v) is 24.4. The SMILES string of the molecule is C=CCN1CC[C@]23c4c5ccc(OC)c4OC2C(N(C)C(=O)/C=C/c2cccc(C(F)(F)F)c2)CC[C@@]3(OC(C)=O)[C@H]1C5. The van der Waals surface area contributed by atoms with Crippen LogP contribution in [-0.2, 0) is 32.3 Å². The summed E-state index contributed by atoms with van der Waals surface area (Å²) in [6, 6.07) is 8.31. The van der Waals surface area contributed by atoms with Crippen LogP contribution in [0.5, 0.6) is 11.5 Å². The summed E-state index contributed by atoms with van der Waals surface area (Å²) in [4.78, 5) is 30.3. The van der Waals surface area contributed by atoms with E-state index in [-0.39, 0.29) is 23.5 Å². The van der Waals surface area contributed by atoms with Crippen LogP contribution in [0.2, 0.25) is 0 Å². The van der Waals surface area contributed by atoms with Gasteiger partial charge in [0, 0.05) is 38.7 Å². The van der Waals surface area contributed by atoms with E-state index in [1.807, 2.05) is 12.1 Å². The number of rotatable bonds is 7. The highest BCUT2D eigenvalue weighted by Crippen LogP contribution is 2.67. The zero-order valence-electron chi connectivity index (χ0n) is 24.4. The Labute approximate surface area is 248 Å². The van der Waals surface area contributed by atoms with Crippen molar-refractivity contribution in [3.63, 3.8) is 0 Å². The number of halogens is 3. The highest BCUT2D eigenvalue weighted by Gasteiger charge is 2.75. The lowest BCUT2D eigenvalue weighted by Crippen LogP contribution is -2.79. The molecular formula is C33H35F3N2O5. The number of alkyl halides is 3. The summed E-state index contributed by atoms with van der Waals surface area (Å²) in [5, 5.41) is 0. The number of likely N-dealkylation sites (tertiary alicyclic amines) is 1. The van der Waals surface area contributed by atoms with Gasteiger partial charge in [-0.2, -0.15) is 13.2 Å². The molecule has 7 nitrogen and oxygen atoms in total. The van der Waals surface area contributed by atoms with Gasteiger partial charge in [-0.15, -0.1) is 6.58 Å². The molecule has 2 aromatic carbocycles. The molecule has 2 aromatic rings. The normalized spacial score (nSPS) is 29.0. The van der Waals surface area contributed by atoms with Crippen LogP contribution in [0.15, 0.2) is 55.1 Å². The number of hydrogen-bond donors (Lipinski definition) is 0. The highest BCUT2D eigenvalue weighted by atomic mass is 19.4. The van der Waals surface area contributed by atoms with Crippen molar-refractivity contribution in [2.45, 2.75) is 68.0 Å². The lowest BCUT2D eigenvalue weighted by molar-refractivity contribution is -0.222. The van der Waals surface area contributed by atoms with Crippen molar-refractivity contribution in [2.24, 2.45) is 0 Å². The van der Waals surface area contributed by atoms with Crippen molar-refractivity contribution < 1.29 is 37.0 Å². The van der Waals surface area contributed by atoms with Crippen LogP contribution in [-0.4, -0.2) is 72.7 Å². The predicted octanol–water partition coefficient (Wildman–Crippen LogP) is 5.17. The molecule has 2 aliphatic carbocycles. The monoisotopic (exact) mass is 596 g/mol. The third kappa shape index (κ3) is 4.36. The minimum Gasteiger partial charge on any atom is -0.493 e. The Hall–Kier alpha value is -3.79. The van der Waals surface area contributed by atoms with Crippen LogP contribution in [0.25, 0.3) is 6.08 Å². The molecule has 2 heterocycles. The maximum absolute atomic E-state index is 13.5. The molecule has 0 N–H and O–H groups in total. The summed E-state index contributed by atoms with van der Waals surface area (Å²) in [6.07, 6.45) is 1.88. The first-order chi connectivity index (χ1) is 20.5. The van der Waals surface area contributed by atoms with Crippen molar-refractivity contribution in [2.75, 3.05) is 27.2 Å². The third-order valence-corrected chi connectivity index (χ3v) is 9.87. The molecule has 2 aliphatic heterocycles. The predicted molar refractivity (Wildman–Crippen MR) is 154 cm³/mol. The summed E-state index contributed by atoms with van der Waals surface area (Å²) in [6.45, 7) is 6.77. The number of esters is 1. The Morgan fingerprint density at radius 1 is 1.23 bits per heavy atom. The third-order valence-electron chi connectivity index (χ3n) is 9.87. The Bertz CT molecular complexity index is 1510. The Kier molecular flexibility index (Phi) is 7.11. The number of nitrogens with zero attached hydrogens (tertiary/aromatic N) is 2. The highest BCUT2D eigenvalue weighted by molar-refractivity contribution is 5.92. The van der Waals surface area contributed by atoms with Gasteiger partial charge in [-0.05, 0) is 61.1 Å². The van der Waals surface area contributed by atoms with E-state index in [9.17, 15) is 22.8 Å². The Balaban J connectivity index is 1.40. The Morgan fingerprint density at radius 2 is 2.02 bits per heavy atom. The molecule has 1 saturated heterocycles. The van der Waals surface area contributed by atoms with Crippen molar-refractivity contribution in [1.29, 1.82) is 0 Å². The molecule has 2 bridgehead atoms. The van der Waals surface area contributed by atoms with Crippen LogP contribution in [0.3, 0.4) is 0 Å². The smallest absolute Gasteiger partial charge is 0.416 e. The van der Waals surface area contributed by atoms with Crippen molar-refractivity contribution >= 4 is 18.0 Å².